The van der Waals surface area contributed by atoms with Crippen molar-refractivity contribution in [2.75, 3.05) is 0 Å². The third kappa shape index (κ3) is 2.97. The van der Waals surface area contributed by atoms with Crippen LogP contribution in [0, 0.1) is 0 Å². The van der Waals surface area contributed by atoms with Gasteiger partial charge in [0.15, 0.2) is 0 Å². The average molecular weight is 280 g/mol. The Morgan fingerprint density at radius 2 is 1.81 bits per heavy atom. The second-order valence-corrected chi connectivity index (χ2v) is 4.98. The highest BCUT2D eigenvalue weighted by molar-refractivity contribution is 5.90. The monoisotopic (exact) mass is 280 g/mol. The predicted molar refractivity (Wildman–Crippen MR) is 79.7 cm³/mol. The fourth-order valence-electron chi connectivity index (χ4n) is 2.32. The fraction of sp³-hybridized carbons (Fsp3) is 0.167. The summed E-state index contributed by atoms with van der Waals surface area (Å²) in [6, 6.07) is 17.4. The number of fused-ring (bicyclic) bond motifs is 1. The van der Waals surface area contributed by atoms with Crippen molar-refractivity contribution in [3.8, 4) is 5.75 Å². The van der Waals surface area contributed by atoms with Crippen LogP contribution >= 0.6 is 0 Å². The molecule has 0 saturated carbocycles. The molecule has 0 bridgehead atoms. The molecule has 3 rings (SSSR count). The molecule has 0 spiro atoms. The minimum Gasteiger partial charge on any atom is -0.461 e. The van der Waals surface area contributed by atoms with Crippen molar-refractivity contribution >= 4 is 5.97 Å². The van der Waals surface area contributed by atoms with Crippen LogP contribution in [0.2, 0.25) is 0 Å². The quantitative estimate of drug-likeness (QED) is 0.805. The lowest BCUT2D eigenvalue weighted by Crippen LogP contribution is -2.17. The second kappa shape index (κ2) is 5.83. The molecular formula is C18H16O3. The highest BCUT2D eigenvalue weighted by Crippen LogP contribution is 2.30. The van der Waals surface area contributed by atoms with Gasteiger partial charge >= 0.3 is 5.97 Å². The Hall–Kier alpha value is -2.55. The van der Waals surface area contributed by atoms with Gasteiger partial charge in [0.25, 0.3) is 0 Å². The lowest BCUT2D eigenvalue weighted by atomic mass is 10.0. The molecular weight excluding hydrogens is 264 g/mol. The third-order valence-electron chi connectivity index (χ3n) is 3.49. The number of ether oxygens (including phenoxy) is 2. The molecule has 0 fully saturated rings. The van der Waals surface area contributed by atoms with Gasteiger partial charge in [0.2, 0.25) is 0 Å². The minimum absolute atomic E-state index is 0.276. The number of carbonyl (C=O) groups excluding carboxylic acids is 1. The molecule has 1 aliphatic rings. The normalized spacial score (nSPS) is 13.4. The first kappa shape index (κ1) is 13.4. The molecule has 21 heavy (non-hydrogen) atoms. The molecule has 0 amide bonds. The van der Waals surface area contributed by atoms with E-state index in [2.05, 4.69) is 0 Å². The number of rotatable bonds is 3. The fourth-order valence-corrected chi connectivity index (χ4v) is 2.32. The summed E-state index contributed by atoms with van der Waals surface area (Å²) >= 11 is 0. The minimum atomic E-state index is -0.314. The molecule has 0 radical (unpaired) electrons. The van der Waals surface area contributed by atoms with Crippen LogP contribution in [-0.4, -0.2) is 5.97 Å². The molecule has 0 unspecified atom stereocenters. The van der Waals surface area contributed by atoms with Gasteiger partial charge in [-0.05, 0) is 24.1 Å². The maximum Gasteiger partial charge on any atom is 0.338 e. The van der Waals surface area contributed by atoms with Crippen LogP contribution < -0.4 is 4.74 Å². The summed E-state index contributed by atoms with van der Waals surface area (Å²) in [6.45, 7) is 2.08. The van der Waals surface area contributed by atoms with Crippen LogP contribution in [0.3, 0.4) is 0 Å². The van der Waals surface area contributed by atoms with Crippen molar-refractivity contribution in [1.29, 1.82) is 0 Å². The Kier molecular flexibility index (Phi) is 3.73. The first-order valence-corrected chi connectivity index (χ1v) is 6.90. The van der Waals surface area contributed by atoms with Crippen molar-refractivity contribution in [2.24, 2.45) is 0 Å². The van der Waals surface area contributed by atoms with E-state index in [4.69, 9.17) is 9.47 Å². The first-order valence-electron chi connectivity index (χ1n) is 6.90. The lowest BCUT2D eigenvalue weighted by molar-refractivity contribution is -0.140. The molecule has 106 valence electrons. The Labute approximate surface area is 123 Å². The number of hydrogen-bond acceptors (Lipinski definition) is 3. The molecule has 0 saturated heterocycles. The molecule has 0 N–H and O–H groups in total. The third-order valence-corrected chi connectivity index (χ3v) is 3.49. The molecule has 3 heteroatoms. The second-order valence-electron chi connectivity index (χ2n) is 4.98. The number of para-hydroxylation sites is 1. The van der Waals surface area contributed by atoms with Crippen molar-refractivity contribution in [1.82, 2.24) is 0 Å². The van der Waals surface area contributed by atoms with Gasteiger partial charge in [-0.1, -0.05) is 48.5 Å². The van der Waals surface area contributed by atoms with Crippen LogP contribution in [0.25, 0.3) is 0 Å². The van der Waals surface area contributed by atoms with Crippen LogP contribution in [-0.2, 0) is 22.6 Å². The van der Waals surface area contributed by atoms with Gasteiger partial charge in [-0.25, -0.2) is 4.79 Å². The topological polar surface area (TPSA) is 35.5 Å². The van der Waals surface area contributed by atoms with Crippen molar-refractivity contribution < 1.29 is 14.3 Å². The number of carbonyl (C=O) groups is 1. The maximum atomic E-state index is 12.2. The number of benzene rings is 2. The number of hydrogen-bond donors (Lipinski definition) is 0. The van der Waals surface area contributed by atoms with Gasteiger partial charge in [-0.2, -0.15) is 0 Å². The summed E-state index contributed by atoms with van der Waals surface area (Å²) in [5.74, 6) is 1.12. The molecule has 1 aliphatic heterocycles. The van der Waals surface area contributed by atoms with Crippen molar-refractivity contribution in [2.45, 2.75) is 20.0 Å². The van der Waals surface area contributed by atoms with Crippen LogP contribution in [0.5, 0.6) is 5.75 Å². The Morgan fingerprint density at radius 1 is 1.10 bits per heavy atom. The smallest absolute Gasteiger partial charge is 0.338 e. The largest absolute Gasteiger partial charge is 0.461 e. The molecule has 0 atom stereocenters. The zero-order valence-corrected chi connectivity index (χ0v) is 11.8. The van der Waals surface area contributed by atoms with E-state index in [1.165, 1.54) is 0 Å². The van der Waals surface area contributed by atoms with Crippen LogP contribution in [0.15, 0.2) is 65.9 Å². The highest BCUT2D eigenvalue weighted by atomic mass is 16.5. The van der Waals surface area contributed by atoms with E-state index in [1.54, 1.807) is 6.92 Å². The zero-order valence-electron chi connectivity index (χ0n) is 11.8. The number of allylic oxidation sites excluding steroid dienone is 1. The summed E-state index contributed by atoms with van der Waals surface area (Å²) in [7, 11) is 0. The molecule has 2 aromatic carbocycles. The first-order chi connectivity index (χ1) is 10.2. The van der Waals surface area contributed by atoms with E-state index in [1.807, 2.05) is 54.6 Å². The van der Waals surface area contributed by atoms with Gasteiger partial charge < -0.3 is 9.47 Å². The van der Waals surface area contributed by atoms with Gasteiger partial charge in [-0.3, -0.25) is 0 Å². The average Bonchev–Trinajstić information content (AvgIpc) is 2.53. The summed E-state index contributed by atoms with van der Waals surface area (Å²) < 4.78 is 11.1. The van der Waals surface area contributed by atoms with E-state index < -0.39 is 0 Å². The highest BCUT2D eigenvalue weighted by Gasteiger charge is 2.23. The van der Waals surface area contributed by atoms with E-state index in [0.717, 1.165) is 16.9 Å². The SMILES string of the molecule is CC1=C(C(=O)OCc2ccccc2)Cc2ccccc2O1. The van der Waals surface area contributed by atoms with Gasteiger partial charge in [0.05, 0.1) is 5.57 Å². The van der Waals surface area contributed by atoms with E-state index in [9.17, 15) is 4.79 Å². The van der Waals surface area contributed by atoms with Crippen LogP contribution in [0.4, 0.5) is 0 Å². The van der Waals surface area contributed by atoms with Gasteiger partial charge in [-0.15, -0.1) is 0 Å². The maximum absolute atomic E-state index is 12.2. The predicted octanol–water partition coefficient (Wildman–Crippen LogP) is 3.64. The number of esters is 1. The van der Waals surface area contributed by atoms with E-state index in [0.29, 0.717) is 17.8 Å². The molecule has 1 heterocycles. The van der Waals surface area contributed by atoms with Crippen LogP contribution in [0.1, 0.15) is 18.1 Å². The Bertz CT molecular complexity index is 687. The Morgan fingerprint density at radius 3 is 2.62 bits per heavy atom. The Balaban J connectivity index is 1.70. The summed E-state index contributed by atoms with van der Waals surface area (Å²) in [6.07, 6.45) is 0.551. The standard InChI is InChI=1S/C18H16O3/c1-13-16(11-15-9-5-6-10-17(15)21-13)18(19)20-12-14-7-3-2-4-8-14/h2-10H,11-12H2,1H3. The van der Waals surface area contributed by atoms with Crippen molar-refractivity contribution in [3.63, 3.8) is 0 Å². The van der Waals surface area contributed by atoms with Gasteiger partial charge in [0, 0.05) is 6.42 Å². The molecule has 0 aliphatic carbocycles. The summed E-state index contributed by atoms with van der Waals surface area (Å²) in [4.78, 5) is 12.2. The van der Waals surface area contributed by atoms with E-state index in [-0.39, 0.29) is 12.6 Å². The molecule has 0 aromatic heterocycles. The zero-order chi connectivity index (χ0) is 14.7. The van der Waals surface area contributed by atoms with Gasteiger partial charge in [0.1, 0.15) is 18.1 Å². The summed E-state index contributed by atoms with van der Waals surface area (Å²) in [5.41, 5.74) is 2.57. The van der Waals surface area contributed by atoms with E-state index >= 15 is 0 Å². The molecule has 2 aromatic rings. The van der Waals surface area contributed by atoms with Crippen molar-refractivity contribution in [3.05, 3.63) is 77.1 Å². The molecule has 3 nitrogen and oxygen atoms in total. The lowest BCUT2D eigenvalue weighted by Gasteiger charge is -2.20. The summed E-state index contributed by atoms with van der Waals surface area (Å²) in [5, 5.41) is 0.